The first-order valence-corrected chi connectivity index (χ1v) is 5.65. The average molecular weight is 243 g/mol. The summed E-state index contributed by atoms with van der Waals surface area (Å²) < 4.78 is 5.57. The van der Waals surface area contributed by atoms with Gasteiger partial charge in [0.25, 0.3) is 0 Å². The second-order valence-electron chi connectivity index (χ2n) is 3.78. The Morgan fingerprint density at radius 3 is 2.61 bits per heavy atom. The van der Waals surface area contributed by atoms with Crippen molar-refractivity contribution in [1.29, 1.82) is 0 Å². The number of hydrogen-bond acceptors (Lipinski definition) is 3. The Hall–Kier alpha value is -2.36. The van der Waals surface area contributed by atoms with E-state index in [0.717, 1.165) is 0 Å². The number of aryl methyl sites for hydroxylation is 1. The lowest BCUT2D eigenvalue weighted by Gasteiger charge is -2.05. The maximum absolute atomic E-state index is 10.5. The zero-order chi connectivity index (χ0) is 12.8. The summed E-state index contributed by atoms with van der Waals surface area (Å²) in [7, 11) is 0. The molecule has 4 heteroatoms. The zero-order valence-corrected chi connectivity index (χ0v) is 9.74. The molecule has 2 rings (SSSR count). The highest BCUT2D eigenvalue weighted by atomic mass is 16.5. The van der Waals surface area contributed by atoms with Crippen LogP contribution in [0.4, 0.5) is 0 Å². The molecule has 18 heavy (non-hydrogen) atoms. The molecular weight excluding hydrogens is 230 g/mol. The Morgan fingerprint density at radius 2 is 1.89 bits per heavy atom. The minimum absolute atomic E-state index is 0.0712. The number of benzene rings is 1. The van der Waals surface area contributed by atoms with Crippen molar-refractivity contribution in [2.24, 2.45) is 0 Å². The molecule has 0 aliphatic rings. The predicted molar refractivity (Wildman–Crippen MR) is 66.7 cm³/mol. The lowest BCUT2D eigenvalue weighted by molar-refractivity contribution is -0.136. The molecule has 0 radical (unpaired) electrons. The summed E-state index contributed by atoms with van der Waals surface area (Å²) in [6.45, 7) is 0. The maximum atomic E-state index is 10.5. The van der Waals surface area contributed by atoms with E-state index in [-0.39, 0.29) is 6.42 Å². The van der Waals surface area contributed by atoms with Crippen LogP contribution in [0.3, 0.4) is 0 Å². The number of para-hydroxylation sites is 1. The predicted octanol–water partition coefficient (Wildman–Crippen LogP) is 2.89. The molecular formula is C14H13NO3. The van der Waals surface area contributed by atoms with Crippen LogP contribution in [0, 0.1) is 0 Å². The van der Waals surface area contributed by atoms with Crippen molar-refractivity contribution in [2.75, 3.05) is 0 Å². The third-order valence-electron chi connectivity index (χ3n) is 2.34. The Balaban J connectivity index is 2.05. The number of carboxylic acids is 1. The molecule has 1 N–H and O–H groups in total. The van der Waals surface area contributed by atoms with Gasteiger partial charge in [0.1, 0.15) is 5.75 Å². The molecule has 0 aliphatic heterocycles. The van der Waals surface area contributed by atoms with E-state index in [9.17, 15) is 4.79 Å². The molecule has 0 aliphatic carbocycles. The van der Waals surface area contributed by atoms with Gasteiger partial charge in [-0.1, -0.05) is 24.3 Å². The van der Waals surface area contributed by atoms with Crippen molar-refractivity contribution in [3.8, 4) is 11.6 Å². The first-order chi connectivity index (χ1) is 8.74. The number of rotatable bonds is 5. The fraction of sp³-hybridized carbons (Fsp3) is 0.143. The summed E-state index contributed by atoms with van der Waals surface area (Å²) in [5, 5.41) is 8.62. The van der Waals surface area contributed by atoms with Crippen molar-refractivity contribution < 1.29 is 14.6 Å². The smallest absolute Gasteiger partial charge is 0.303 e. The van der Waals surface area contributed by atoms with Gasteiger partial charge in [0.05, 0.1) is 6.42 Å². The Kier molecular flexibility index (Phi) is 3.91. The number of ether oxygens (including phenoxy) is 1. The number of carbonyl (C=O) groups is 1. The van der Waals surface area contributed by atoms with E-state index in [1.807, 2.05) is 36.4 Å². The second kappa shape index (κ2) is 5.82. The highest BCUT2D eigenvalue weighted by Crippen LogP contribution is 2.18. The molecule has 0 atom stereocenters. The van der Waals surface area contributed by atoms with Gasteiger partial charge < -0.3 is 9.84 Å². The molecule has 0 saturated carbocycles. The van der Waals surface area contributed by atoms with Crippen LogP contribution in [0.5, 0.6) is 11.6 Å². The standard InChI is InChI=1S/C14H13NO3/c16-14(17)10-9-11-5-4-8-13(15-11)18-12-6-2-1-3-7-12/h1-8H,9-10H2,(H,16,17). The lowest BCUT2D eigenvalue weighted by atomic mass is 10.2. The minimum Gasteiger partial charge on any atom is -0.481 e. The first-order valence-electron chi connectivity index (χ1n) is 5.65. The Labute approximate surface area is 105 Å². The quantitative estimate of drug-likeness (QED) is 0.877. The van der Waals surface area contributed by atoms with Gasteiger partial charge in [-0.3, -0.25) is 4.79 Å². The SMILES string of the molecule is O=C(O)CCc1cccc(Oc2ccccc2)n1. The fourth-order valence-electron chi connectivity index (χ4n) is 1.50. The molecule has 1 aromatic heterocycles. The van der Waals surface area contributed by atoms with E-state index in [1.54, 1.807) is 12.1 Å². The van der Waals surface area contributed by atoms with Gasteiger partial charge in [0.2, 0.25) is 5.88 Å². The highest BCUT2D eigenvalue weighted by molar-refractivity contribution is 5.66. The van der Waals surface area contributed by atoms with Gasteiger partial charge in [0.15, 0.2) is 0 Å². The van der Waals surface area contributed by atoms with E-state index >= 15 is 0 Å². The van der Waals surface area contributed by atoms with E-state index < -0.39 is 5.97 Å². The number of carboxylic acid groups (broad SMARTS) is 1. The molecule has 0 saturated heterocycles. The van der Waals surface area contributed by atoms with Crippen LogP contribution in [-0.4, -0.2) is 16.1 Å². The van der Waals surface area contributed by atoms with Crippen LogP contribution >= 0.6 is 0 Å². The topological polar surface area (TPSA) is 59.4 Å². The fourth-order valence-corrected chi connectivity index (χ4v) is 1.50. The van der Waals surface area contributed by atoms with Gasteiger partial charge >= 0.3 is 5.97 Å². The summed E-state index contributed by atoms with van der Waals surface area (Å²) in [6.07, 6.45) is 0.475. The monoisotopic (exact) mass is 243 g/mol. The van der Waals surface area contributed by atoms with Crippen LogP contribution in [0.15, 0.2) is 48.5 Å². The molecule has 1 aromatic carbocycles. The highest BCUT2D eigenvalue weighted by Gasteiger charge is 2.03. The van der Waals surface area contributed by atoms with Crippen molar-refractivity contribution in [3.63, 3.8) is 0 Å². The minimum atomic E-state index is -0.828. The van der Waals surface area contributed by atoms with Gasteiger partial charge in [-0.25, -0.2) is 4.98 Å². The molecule has 0 spiro atoms. The second-order valence-corrected chi connectivity index (χ2v) is 3.78. The van der Waals surface area contributed by atoms with Crippen molar-refractivity contribution in [1.82, 2.24) is 4.98 Å². The summed E-state index contributed by atoms with van der Waals surface area (Å²) >= 11 is 0. The van der Waals surface area contributed by atoms with Crippen LogP contribution in [0.25, 0.3) is 0 Å². The third-order valence-corrected chi connectivity index (χ3v) is 2.34. The number of aromatic nitrogens is 1. The summed E-state index contributed by atoms with van der Waals surface area (Å²) in [6, 6.07) is 14.7. The van der Waals surface area contributed by atoms with Crippen LogP contribution in [0.1, 0.15) is 12.1 Å². The average Bonchev–Trinajstić information content (AvgIpc) is 2.38. The molecule has 0 unspecified atom stereocenters. The van der Waals surface area contributed by atoms with Gasteiger partial charge in [-0.05, 0) is 18.2 Å². The Bertz CT molecular complexity index is 526. The van der Waals surface area contributed by atoms with Gasteiger partial charge in [-0.15, -0.1) is 0 Å². The summed E-state index contributed by atoms with van der Waals surface area (Å²) in [5.74, 6) is 0.357. The van der Waals surface area contributed by atoms with E-state index in [2.05, 4.69) is 4.98 Å². The van der Waals surface area contributed by atoms with Crippen molar-refractivity contribution in [3.05, 3.63) is 54.2 Å². The van der Waals surface area contributed by atoms with E-state index in [4.69, 9.17) is 9.84 Å². The van der Waals surface area contributed by atoms with Gasteiger partial charge in [0, 0.05) is 18.2 Å². The number of hydrogen-bond donors (Lipinski definition) is 1. The molecule has 0 fully saturated rings. The maximum Gasteiger partial charge on any atom is 0.303 e. The number of aliphatic carboxylic acids is 1. The first kappa shape index (κ1) is 12.1. The van der Waals surface area contributed by atoms with Crippen LogP contribution in [-0.2, 0) is 11.2 Å². The molecule has 0 bridgehead atoms. The lowest BCUT2D eigenvalue weighted by Crippen LogP contribution is -1.99. The Morgan fingerprint density at radius 1 is 1.11 bits per heavy atom. The van der Waals surface area contributed by atoms with Crippen LogP contribution in [0.2, 0.25) is 0 Å². The van der Waals surface area contributed by atoms with Crippen molar-refractivity contribution in [2.45, 2.75) is 12.8 Å². The zero-order valence-electron chi connectivity index (χ0n) is 9.74. The molecule has 0 amide bonds. The molecule has 92 valence electrons. The van der Waals surface area contributed by atoms with Crippen molar-refractivity contribution >= 4 is 5.97 Å². The van der Waals surface area contributed by atoms with Crippen LogP contribution < -0.4 is 4.74 Å². The third kappa shape index (κ3) is 3.59. The summed E-state index contributed by atoms with van der Waals surface area (Å²) in [5.41, 5.74) is 0.714. The molecule has 2 aromatic rings. The van der Waals surface area contributed by atoms with Gasteiger partial charge in [-0.2, -0.15) is 0 Å². The molecule has 1 heterocycles. The number of nitrogens with zero attached hydrogens (tertiary/aromatic N) is 1. The largest absolute Gasteiger partial charge is 0.481 e. The van der Waals surface area contributed by atoms with E-state index in [1.165, 1.54) is 0 Å². The van der Waals surface area contributed by atoms with E-state index in [0.29, 0.717) is 23.7 Å². The number of pyridine rings is 1. The normalized spacial score (nSPS) is 10.0. The molecule has 4 nitrogen and oxygen atoms in total. The summed E-state index contributed by atoms with van der Waals surface area (Å²) in [4.78, 5) is 14.7.